The fourth-order valence-corrected chi connectivity index (χ4v) is 3.08. The number of rotatable bonds is 16. The number of nitrogens with one attached hydrogen (secondary N) is 1. The van der Waals surface area contributed by atoms with E-state index >= 15 is 0 Å². The minimum atomic E-state index is -0.157. The predicted molar refractivity (Wildman–Crippen MR) is 104 cm³/mol. The van der Waals surface area contributed by atoms with Gasteiger partial charge in [0.2, 0.25) is 5.76 Å². The number of hydrogen-bond acceptors (Lipinski definition) is 3. The van der Waals surface area contributed by atoms with Crippen LogP contribution in [0.3, 0.4) is 0 Å². The van der Waals surface area contributed by atoms with Crippen LogP contribution < -0.4 is 5.32 Å². The van der Waals surface area contributed by atoms with Crippen molar-refractivity contribution in [3.05, 3.63) is 17.5 Å². The number of unbranched alkanes of at least 4 members (excludes halogenated alkanes) is 13. The molecule has 0 radical (unpaired) electrons. The molecule has 1 heterocycles. The maximum atomic E-state index is 11.7. The summed E-state index contributed by atoms with van der Waals surface area (Å²) in [6, 6.07) is 1.67. The molecule has 1 N–H and O–H groups in total. The summed E-state index contributed by atoms with van der Waals surface area (Å²) in [6.45, 7) is 4.81. The molecule has 0 saturated carbocycles. The maximum absolute atomic E-state index is 11.7. The van der Waals surface area contributed by atoms with E-state index in [2.05, 4.69) is 17.4 Å². The molecule has 0 bridgehead atoms. The lowest BCUT2D eigenvalue weighted by Gasteiger charge is -2.04. The van der Waals surface area contributed by atoms with Gasteiger partial charge < -0.3 is 9.84 Å². The van der Waals surface area contributed by atoms with Crippen molar-refractivity contribution in [1.29, 1.82) is 0 Å². The van der Waals surface area contributed by atoms with Gasteiger partial charge in [-0.2, -0.15) is 0 Å². The van der Waals surface area contributed by atoms with Crippen LogP contribution in [0, 0.1) is 6.92 Å². The highest BCUT2D eigenvalue weighted by atomic mass is 16.5. The number of carbonyl (C=O) groups is 1. The summed E-state index contributed by atoms with van der Waals surface area (Å²) in [5.41, 5.74) is 0.738. The normalized spacial score (nSPS) is 11.0. The van der Waals surface area contributed by atoms with E-state index in [0.29, 0.717) is 5.76 Å². The molecule has 1 aromatic heterocycles. The SMILES string of the molecule is CCCCCCCCCCCCCCCCNC(=O)c1cc(C)no1. The number of carbonyl (C=O) groups excluding carboxylic acids is 1. The van der Waals surface area contributed by atoms with Gasteiger partial charge in [-0.15, -0.1) is 0 Å². The molecule has 144 valence electrons. The molecule has 0 saturated heterocycles. The van der Waals surface area contributed by atoms with Crippen molar-refractivity contribution in [2.45, 2.75) is 104 Å². The van der Waals surface area contributed by atoms with E-state index in [0.717, 1.165) is 18.7 Å². The molecule has 1 amide bonds. The van der Waals surface area contributed by atoms with Crippen molar-refractivity contribution >= 4 is 5.91 Å². The van der Waals surface area contributed by atoms with Gasteiger partial charge in [-0.1, -0.05) is 95.6 Å². The molecule has 0 aliphatic heterocycles. The number of amides is 1. The van der Waals surface area contributed by atoms with Crippen LogP contribution in [0.25, 0.3) is 0 Å². The number of hydrogen-bond donors (Lipinski definition) is 1. The standard InChI is InChI=1S/C21H38N2O2/c1-3-4-5-6-7-8-9-10-11-12-13-14-15-16-17-22-21(24)20-18-19(2)23-25-20/h18H,3-17H2,1-2H3,(H,22,24). The van der Waals surface area contributed by atoms with E-state index in [4.69, 9.17) is 4.52 Å². The Morgan fingerprint density at radius 1 is 0.880 bits per heavy atom. The molecule has 1 aromatic rings. The first kappa shape index (κ1) is 21.7. The van der Waals surface area contributed by atoms with Gasteiger partial charge in [0.1, 0.15) is 0 Å². The van der Waals surface area contributed by atoms with E-state index in [1.54, 1.807) is 6.07 Å². The lowest BCUT2D eigenvalue weighted by Crippen LogP contribution is -2.23. The molecule has 0 aliphatic rings. The molecule has 0 unspecified atom stereocenters. The molecule has 0 aliphatic carbocycles. The Kier molecular flexibility index (Phi) is 13.0. The van der Waals surface area contributed by atoms with Crippen LogP contribution in [0.2, 0.25) is 0 Å². The number of aryl methyl sites for hydroxylation is 1. The molecule has 0 fully saturated rings. The first-order valence-electron chi connectivity index (χ1n) is 10.5. The highest BCUT2D eigenvalue weighted by Gasteiger charge is 2.09. The van der Waals surface area contributed by atoms with E-state index in [1.807, 2.05) is 6.92 Å². The smallest absolute Gasteiger partial charge is 0.289 e. The van der Waals surface area contributed by atoms with Gasteiger partial charge in [-0.3, -0.25) is 4.79 Å². The van der Waals surface area contributed by atoms with Crippen molar-refractivity contribution in [1.82, 2.24) is 10.5 Å². The summed E-state index contributed by atoms with van der Waals surface area (Å²) in [5, 5.41) is 6.61. The highest BCUT2D eigenvalue weighted by molar-refractivity contribution is 5.91. The summed E-state index contributed by atoms with van der Waals surface area (Å²) < 4.78 is 4.94. The van der Waals surface area contributed by atoms with E-state index in [1.165, 1.54) is 83.5 Å². The van der Waals surface area contributed by atoms with Crippen LogP contribution in [0.1, 0.15) is 113 Å². The molecular weight excluding hydrogens is 312 g/mol. The van der Waals surface area contributed by atoms with Crippen molar-refractivity contribution in [3.63, 3.8) is 0 Å². The molecule has 4 nitrogen and oxygen atoms in total. The van der Waals surface area contributed by atoms with Crippen molar-refractivity contribution in [2.75, 3.05) is 6.54 Å². The lowest BCUT2D eigenvalue weighted by molar-refractivity contribution is 0.0916. The van der Waals surface area contributed by atoms with Crippen LogP contribution in [-0.4, -0.2) is 17.6 Å². The predicted octanol–water partition coefficient (Wildman–Crippen LogP) is 6.19. The average Bonchev–Trinajstić information content (AvgIpc) is 3.04. The Hall–Kier alpha value is -1.32. The lowest BCUT2D eigenvalue weighted by atomic mass is 10.0. The quantitative estimate of drug-likeness (QED) is 0.361. The fraction of sp³-hybridized carbons (Fsp3) is 0.810. The van der Waals surface area contributed by atoms with Crippen LogP contribution >= 0.6 is 0 Å². The summed E-state index contributed by atoms with van der Waals surface area (Å²) in [7, 11) is 0. The number of nitrogens with zero attached hydrogens (tertiary/aromatic N) is 1. The van der Waals surface area contributed by atoms with Gasteiger partial charge in [0.25, 0.3) is 5.91 Å². The Morgan fingerprint density at radius 2 is 1.36 bits per heavy atom. The number of aromatic nitrogens is 1. The second-order valence-corrected chi connectivity index (χ2v) is 7.18. The molecule has 1 rings (SSSR count). The van der Waals surface area contributed by atoms with E-state index in [-0.39, 0.29) is 5.91 Å². The third kappa shape index (κ3) is 11.8. The summed E-state index contributed by atoms with van der Waals surface area (Å²) in [6.07, 6.45) is 18.8. The van der Waals surface area contributed by atoms with Gasteiger partial charge >= 0.3 is 0 Å². The zero-order chi connectivity index (χ0) is 18.2. The molecule has 0 atom stereocenters. The Labute approximate surface area is 154 Å². The van der Waals surface area contributed by atoms with Crippen LogP contribution in [0.5, 0.6) is 0 Å². The maximum Gasteiger partial charge on any atom is 0.289 e. The van der Waals surface area contributed by atoms with Gasteiger partial charge in [0.05, 0.1) is 5.69 Å². The van der Waals surface area contributed by atoms with Gasteiger partial charge in [0, 0.05) is 12.6 Å². The van der Waals surface area contributed by atoms with Crippen molar-refractivity contribution in [2.24, 2.45) is 0 Å². The largest absolute Gasteiger partial charge is 0.351 e. The van der Waals surface area contributed by atoms with Gasteiger partial charge in [-0.25, -0.2) is 0 Å². The topological polar surface area (TPSA) is 55.1 Å². The molecule has 25 heavy (non-hydrogen) atoms. The summed E-state index contributed by atoms with van der Waals surface area (Å²) in [4.78, 5) is 11.7. The van der Waals surface area contributed by atoms with E-state index < -0.39 is 0 Å². The molecule has 0 spiro atoms. The Balaban J connectivity index is 1.78. The summed E-state index contributed by atoms with van der Waals surface area (Å²) >= 11 is 0. The second kappa shape index (κ2) is 15.0. The fourth-order valence-electron chi connectivity index (χ4n) is 3.08. The van der Waals surface area contributed by atoms with E-state index in [9.17, 15) is 4.79 Å². The first-order valence-corrected chi connectivity index (χ1v) is 10.5. The average molecular weight is 351 g/mol. The minimum absolute atomic E-state index is 0.157. The van der Waals surface area contributed by atoms with Crippen LogP contribution in [0.15, 0.2) is 10.6 Å². The van der Waals surface area contributed by atoms with Gasteiger partial charge in [-0.05, 0) is 13.3 Å². The third-order valence-corrected chi connectivity index (χ3v) is 4.67. The zero-order valence-corrected chi connectivity index (χ0v) is 16.4. The highest BCUT2D eigenvalue weighted by Crippen LogP contribution is 2.12. The van der Waals surface area contributed by atoms with Crippen LogP contribution in [-0.2, 0) is 0 Å². The molecule has 0 aromatic carbocycles. The Bertz CT molecular complexity index is 443. The Morgan fingerprint density at radius 3 is 1.80 bits per heavy atom. The van der Waals surface area contributed by atoms with Crippen LogP contribution in [0.4, 0.5) is 0 Å². The molecule has 4 heteroatoms. The third-order valence-electron chi connectivity index (χ3n) is 4.67. The zero-order valence-electron chi connectivity index (χ0n) is 16.4. The molecular formula is C21H38N2O2. The van der Waals surface area contributed by atoms with Crippen molar-refractivity contribution < 1.29 is 9.32 Å². The summed E-state index contributed by atoms with van der Waals surface area (Å²) in [5.74, 6) is 0.151. The second-order valence-electron chi connectivity index (χ2n) is 7.18. The van der Waals surface area contributed by atoms with Crippen molar-refractivity contribution in [3.8, 4) is 0 Å². The minimum Gasteiger partial charge on any atom is -0.351 e. The first-order chi connectivity index (χ1) is 12.2. The van der Waals surface area contributed by atoms with Gasteiger partial charge in [0.15, 0.2) is 0 Å². The monoisotopic (exact) mass is 350 g/mol.